The average Bonchev–Trinajstić information content (AvgIpc) is 3.11. The normalized spacial score (nSPS) is 31.7. The second-order valence-electron chi connectivity index (χ2n) is 10.6. The third kappa shape index (κ3) is 5.23. The molecule has 0 spiro atoms. The van der Waals surface area contributed by atoms with Crippen molar-refractivity contribution < 1.29 is 8.85 Å². The number of fused-ring (bicyclic) bond motifs is 1. The van der Waals surface area contributed by atoms with Crippen LogP contribution >= 0.6 is 0 Å². The highest BCUT2D eigenvalue weighted by Gasteiger charge is 2.54. The van der Waals surface area contributed by atoms with E-state index in [2.05, 4.69) is 55.4 Å². The molecule has 2 aliphatic rings. The van der Waals surface area contributed by atoms with Gasteiger partial charge in [-0.1, -0.05) is 61.8 Å². The van der Waals surface area contributed by atoms with E-state index in [0.717, 1.165) is 18.4 Å². The first-order valence-electron chi connectivity index (χ1n) is 13.1. The molecule has 2 saturated carbocycles. The van der Waals surface area contributed by atoms with Gasteiger partial charge in [0.1, 0.15) is 0 Å². The SMILES string of the molecule is CC[Si](CC)(CC)OC[C@@H](C)C1CCC2[C@@H](O[Si](CC)(CC)CC)CCC[C@]12C. The molecule has 0 aromatic rings. The summed E-state index contributed by atoms with van der Waals surface area (Å²) in [6.45, 7) is 20.3. The lowest BCUT2D eigenvalue weighted by atomic mass is 9.62. The molecule has 0 radical (unpaired) electrons. The van der Waals surface area contributed by atoms with Gasteiger partial charge in [0.25, 0.3) is 0 Å². The van der Waals surface area contributed by atoms with Crippen molar-refractivity contribution in [1.29, 1.82) is 0 Å². The summed E-state index contributed by atoms with van der Waals surface area (Å²) in [4.78, 5) is 0. The van der Waals surface area contributed by atoms with Crippen LogP contribution in [0.15, 0.2) is 0 Å². The molecule has 2 nitrogen and oxygen atoms in total. The Morgan fingerprint density at radius 1 is 0.828 bits per heavy atom. The van der Waals surface area contributed by atoms with Crippen LogP contribution in [0.5, 0.6) is 0 Å². The zero-order valence-electron chi connectivity index (χ0n) is 21.1. The van der Waals surface area contributed by atoms with Gasteiger partial charge in [0, 0.05) is 12.7 Å². The fourth-order valence-corrected chi connectivity index (χ4v) is 12.7. The van der Waals surface area contributed by atoms with Crippen LogP contribution in [0.4, 0.5) is 0 Å². The quantitative estimate of drug-likeness (QED) is 0.284. The minimum Gasteiger partial charge on any atom is -0.417 e. The van der Waals surface area contributed by atoms with Crippen LogP contribution < -0.4 is 0 Å². The van der Waals surface area contributed by atoms with E-state index in [1.54, 1.807) is 0 Å². The van der Waals surface area contributed by atoms with E-state index in [4.69, 9.17) is 8.85 Å². The lowest BCUT2D eigenvalue weighted by Gasteiger charge is -2.49. The van der Waals surface area contributed by atoms with Crippen molar-refractivity contribution >= 4 is 16.6 Å². The molecular formula is C25H52O2Si2. The van der Waals surface area contributed by atoms with E-state index >= 15 is 0 Å². The highest BCUT2D eigenvalue weighted by atomic mass is 28.4. The molecule has 2 rings (SSSR count). The van der Waals surface area contributed by atoms with Gasteiger partial charge < -0.3 is 8.85 Å². The summed E-state index contributed by atoms with van der Waals surface area (Å²) in [5.41, 5.74) is 0.468. The van der Waals surface area contributed by atoms with Crippen molar-refractivity contribution in [2.75, 3.05) is 6.61 Å². The first-order chi connectivity index (χ1) is 13.8. The molecule has 0 saturated heterocycles. The maximum atomic E-state index is 7.11. The van der Waals surface area contributed by atoms with Crippen LogP contribution in [0.2, 0.25) is 36.3 Å². The lowest BCUT2D eigenvalue weighted by Crippen LogP contribution is -2.49. The molecule has 2 unspecified atom stereocenters. The monoisotopic (exact) mass is 440 g/mol. The lowest BCUT2D eigenvalue weighted by molar-refractivity contribution is -0.0243. The van der Waals surface area contributed by atoms with Gasteiger partial charge in [-0.25, -0.2) is 0 Å². The van der Waals surface area contributed by atoms with E-state index < -0.39 is 16.6 Å². The summed E-state index contributed by atoms with van der Waals surface area (Å²) < 4.78 is 13.9. The zero-order chi connectivity index (χ0) is 21.7. The van der Waals surface area contributed by atoms with Gasteiger partial charge in [0.2, 0.25) is 0 Å². The Bertz CT molecular complexity index is 473. The molecule has 2 fully saturated rings. The van der Waals surface area contributed by atoms with Crippen LogP contribution in [0, 0.1) is 23.2 Å². The molecule has 29 heavy (non-hydrogen) atoms. The van der Waals surface area contributed by atoms with Gasteiger partial charge in [-0.2, -0.15) is 0 Å². The van der Waals surface area contributed by atoms with Gasteiger partial charge in [0.15, 0.2) is 16.6 Å². The molecular weight excluding hydrogens is 388 g/mol. The third-order valence-electron chi connectivity index (χ3n) is 9.74. The van der Waals surface area contributed by atoms with E-state index in [1.807, 2.05) is 0 Å². The van der Waals surface area contributed by atoms with Crippen LogP contribution in [-0.2, 0) is 8.85 Å². The fourth-order valence-electron chi connectivity index (χ4n) is 7.04. The molecule has 5 atom stereocenters. The molecule has 0 N–H and O–H groups in total. The largest absolute Gasteiger partial charge is 0.417 e. The Labute approximate surface area is 185 Å². The second-order valence-corrected chi connectivity index (χ2v) is 20.1. The summed E-state index contributed by atoms with van der Waals surface area (Å²) >= 11 is 0. The fraction of sp³-hybridized carbons (Fsp3) is 1.00. The number of hydrogen-bond acceptors (Lipinski definition) is 2. The summed E-state index contributed by atoms with van der Waals surface area (Å²) in [5.74, 6) is 2.29. The Balaban J connectivity index is 2.09. The molecule has 0 bridgehead atoms. The van der Waals surface area contributed by atoms with Crippen LogP contribution in [0.25, 0.3) is 0 Å². The summed E-state index contributed by atoms with van der Waals surface area (Å²) in [6, 6.07) is 7.66. The van der Waals surface area contributed by atoms with Crippen LogP contribution in [-0.4, -0.2) is 29.3 Å². The molecule has 172 valence electrons. The number of rotatable bonds is 12. The molecule has 0 amide bonds. The minimum absolute atomic E-state index is 0.468. The van der Waals surface area contributed by atoms with Gasteiger partial charge >= 0.3 is 0 Å². The Kier molecular flexibility index (Phi) is 9.52. The van der Waals surface area contributed by atoms with Gasteiger partial charge in [-0.05, 0) is 85.1 Å². The number of hydrogen-bond donors (Lipinski definition) is 0. The Morgan fingerprint density at radius 2 is 1.38 bits per heavy atom. The van der Waals surface area contributed by atoms with Gasteiger partial charge in [-0.3, -0.25) is 0 Å². The predicted molar refractivity (Wildman–Crippen MR) is 133 cm³/mol. The van der Waals surface area contributed by atoms with Crippen molar-refractivity contribution in [2.24, 2.45) is 23.2 Å². The molecule has 0 heterocycles. The zero-order valence-corrected chi connectivity index (χ0v) is 23.1. The maximum absolute atomic E-state index is 7.11. The molecule has 0 aromatic carbocycles. The predicted octanol–water partition coefficient (Wildman–Crippen LogP) is 8.25. The highest BCUT2D eigenvalue weighted by molar-refractivity contribution is 6.74. The smallest absolute Gasteiger partial charge is 0.192 e. The second kappa shape index (κ2) is 10.8. The Hall–Kier alpha value is 0.354. The van der Waals surface area contributed by atoms with E-state index in [1.165, 1.54) is 68.4 Å². The summed E-state index contributed by atoms with van der Waals surface area (Å²) in [6.07, 6.45) is 7.39. The van der Waals surface area contributed by atoms with Crippen LogP contribution in [0.1, 0.15) is 87.5 Å². The Morgan fingerprint density at radius 3 is 1.90 bits per heavy atom. The first-order valence-corrected chi connectivity index (χ1v) is 18.2. The molecule has 0 aliphatic heterocycles. The molecule has 0 aromatic heterocycles. The van der Waals surface area contributed by atoms with Crippen molar-refractivity contribution in [1.82, 2.24) is 0 Å². The van der Waals surface area contributed by atoms with E-state index in [-0.39, 0.29) is 0 Å². The van der Waals surface area contributed by atoms with Gasteiger partial charge in [0.05, 0.1) is 0 Å². The van der Waals surface area contributed by atoms with E-state index in [0.29, 0.717) is 17.4 Å². The first kappa shape index (κ1) is 25.6. The minimum atomic E-state index is -1.52. The topological polar surface area (TPSA) is 18.5 Å². The van der Waals surface area contributed by atoms with Crippen molar-refractivity contribution in [2.45, 2.75) is 130 Å². The van der Waals surface area contributed by atoms with Crippen molar-refractivity contribution in [3.8, 4) is 0 Å². The van der Waals surface area contributed by atoms with Crippen LogP contribution in [0.3, 0.4) is 0 Å². The van der Waals surface area contributed by atoms with E-state index in [9.17, 15) is 0 Å². The average molecular weight is 441 g/mol. The van der Waals surface area contributed by atoms with Crippen molar-refractivity contribution in [3.63, 3.8) is 0 Å². The molecule has 4 heteroatoms. The molecule has 2 aliphatic carbocycles. The maximum Gasteiger partial charge on any atom is 0.192 e. The highest BCUT2D eigenvalue weighted by Crippen LogP contribution is 2.59. The van der Waals surface area contributed by atoms with Gasteiger partial charge in [-0.15, -0.1) is 0 Å². The standard InChI is InChI=1S/C25H52O2Si2/c1-9-28(10-2,11-3)26-20-21(7)22-17-18-23-24(16-15-19-25(22,23)8)27-29(12-4,13-5)14-6/h21-24H,9-20H2,1-8H3/t21-,22?,23?,24+,25-/m1/s1. The van der Waals surface area contributed by atoms with Crippen molar-refractivity contribution in [3.05, 3.63) is 0 Å². The third-order valence-corrected chi connectivity index (χ3v) is 19.1. The summed E-state index contributed by atoms with van der Waals surface area (Å²) in [5, 5.41) is 0. The summed E-state index contributed by atoms with van der Waals surface area (Å²) in [7, 11) is -3.00.